The molecule has 1 fully saturated rings. The molecule has 1 aliphatic carbocycles. The Morgan fingerprint density at radius 1 is 1.54 bits per heavy atom. The van der Waals surface area contributed by atoms with E-state index in [1.165, 1.54) is 0 Å². The smallest absolute Gasteiger partial charge is 0.232 e. The highest BCUT2D eigenvalue weighted by molar-refractivity contribution is 5.56. The van der Waals surface area contributed by atoms with Crippen LogP contribution in [0.1, 0.15) is 33.6 Å². The van der Waals surface area contributed by atoms with Gasteiger partial charge in [0.05, 0.1) is 6.54 Å². The molecule has 0 bridgehead atoms. The van der Waals surface area contributed by atoms with Crippen LogP contribution >= 0.6 is 0 Å². The van der Waals surface area contributed by atoms with Crippen LogP contribution in [-0.2, 0) is 0 Å². The summed E-state index contributed by atoms with van der Waals surface area (Å²) in [6.45, 7) is 7.35. The summed E-state index contributed by atoms with van der Waals surface area (Å²) in [5, 5.41) is 15.1. The number of nitrogens with one attached hydrogen (secondary N) is 1. The van der Waals surface area contributed by atoms with Crippen LogP contribution in [0.4, 0.5) is 0 Å². The summed E-state index contributed by atoms with van der Waals surface area (Å²) in [7, 11) is 0. The molecule has 0 aromatic heterocycles. The van der Waals surface area contributed by atoms with Crippen LogP contribution in [0.5, 0.6) is 0 Å². The van der Waals surface area contributed by atoms with Gasteiger partial charge in [-0.05, 0) is 12.3 Å². The number of hydrogen-bond donors (Lipinski definition) is 1. The normalized spacial score (nSPS) is 42.7. The fraction of sp³-hybridized carbons (Fsp3) is 0.900. The van der Waals surface area contributed by atoms with Crippen LogP contribution in [0.3, 0.4) is 0 Å². The lowest BCUT2D eigenvalue weighted by atomic mass is 9.76. The number of hydroxylamine groups is 1. The van der Waals surface area contributed by atoms with Gasteiger partial charge in [0.25, 0.3) is 0 Å². The third-order valence-corrected chi connectivity index (χ3v) is 4.26. The molecule has 3 heteroatoms. The van der Waals surface area contributed by atoms with Crippen molar-refractivity contribution in [2.75, 3.05) is 6.54 Å². The highest BCUT2D eigenvalue weighted by Gasteiger charge is 2.60. The summed E-state index contributed by atoms with van der Waals surface area (Å²) in [6, 6.07) is 0. The molecule has 3 nitrogen and oxygen atoms in total. The van der Waals surface area contributed by atoms with Gasteiger partial charge in [-0.25, -0.2) is 5.32 Å². The predicted octanol–water partition coefficient (Wildman–Crippen LogP) is 1.32. The van der Waals surface area contributed by atoms with E-state index in [4.69, 9.17) is 0 Å². The van der Waals surface area contributed by atoms with Gasteiger partial charge >= 0.3 is 0 Å². The van der Waals surface area contributed by atoms with E-state index in [9.17, 15) is 5.21 Å². The Balaban J connectivity index is 2.39. The zero-order valence-electron chi connectivity index (χ0n) is 8.63. The number of rotatable bonds is 0. The SMILES string of the molecule is CC1CCC2(NCC=[N+]2[O-])C1(C)C. The van der Waals surface area contributed by atoms with Crippen molar-refractivity contribution in [2.24, 2.45) is 11.3 Å². The molecule has 2 atom stereocenters. The van der Waals surface area contributed by atoms with Crippen LogP contribution in [0.25, 0.3) is 0 Å². The Morgan fingerprint density at radius 3 is 2.62 bits per heavy atom. The molecule has 0 radical (unpaired) electrons. The van der Waals surface area contributed by atoms with Crippen LogP contribution in [0.15, 0.2) is 0 Å². The molecule has 1 spiro atoms. The largest absolute Gasteiger partial charge is 0.623 e. The molecule has 0 aromatic rings. The molecular formula is C10H18N2O. The average molecular weight is 182 g/mol. The standard InChI is InChI=1S/C10H18N2O/c1-8-4-5-10(9(8,2)3)11-6-7-12(10)13/h7-8,11H,4-6H2,1-3H3. The second-order valence-electron chi connectivity index (χ2n) is 4.91. The van der Waals surface area contributed by atoms with Crippen LogP contribution in [0.2, 0.25) is 0 Å². The van der Waals surface area contributed by atoms with Gasteiger partial charge in [0.1, 0.15) is 0 Å². The summed E-state index contributed by atoms with van der Waals surface area (Å²) in [6.07, 6.45) is 3.84. The highest BCUT2D eigenvalue weighted by atomic mass is 16.5. The molecule has 2 rings (SSSR count). The number of nitrogens with zero attached hydrogens (tertiary/aromatic N) is 1. The maximum atomic E-state index is 11.8. The van der Waals surface area contributed by atoms with Gasteiger partial charge in [0.2, 0.25) is 5.66 Å². The second kappa shape index (κ2) is 2.47. The monoisotopic (exact) mass is 182 g/mol. The Labute approximate surface area is 79.4 Å². The first-order valence-corrected chi connectivity index (χ1v) is 5.05. The van der Waals surface area contributed by atoms with E-state index in [1.807, 2.05) is 0 Å². The first-order chi connectivity index (χ1) is 6.01. The van der Waals surface area contributed by atoms with Gasteiger partial charge in [-0.1, -0.05) is 20.8 Å². The van der Waals surface area contributed by atoms with Gasteiger partial charge in [-0.2, -0.15) is 4.74 Å². The summed E-state index contributed by atoms with van der Waals surface area (Å²) >= 11 is 0. The lowest BCUT2D eigenvalue weighted by molar-refractivity contribution is -0.563. The molecule has 0 aromatic carbocycles. The first-order valence-electron chi connectivity index (χ1n) is 5.05. The molecule has 74 valence electrons. The maximum Gasteiger partial charge on any atom is 0.232 e. The molecule has 13 heavy (non-hydrogen) atoms. The lowest BCUT2D eigenvalue weighted by Crippen LogP contribution is -2.56. The quantitative estimate of drug-likeness (QED) is 0.453. The second-order valence-corrected chi connectivity index (χ2v) is 4.91. The molecule has 1 aliphatic heterocycles. The predicted molar refractivity (Wildman–Crippen MR) is 52.6 cm³/mol. The van der Waals surface area contributed by atoms with Crippen molar-refractivity contribution in [3.8, 4) is 0 Å². The molecule has 1 N–H and O–H groups in total. The Kier molecular flexibility index (Phi) is 1.71. The van der Waals surface area contributed by atoms with Gasteiger partial charge in [0, 0.05) is 11.8 Å². The van der Waals surface area contributed by atoms with Crippen molar-refractivity contribution in [3.63, 3.8) is 0 Å². The minimum absolute atomic E-state index is 0.0712. The van der Waals surface area contributed by atoms with Gasteiger partial charge in [0.15, 0.2) is 6.21 Å². The van der Waals surface area contributed by atoms with Crippen LogP contribution in [-0.4, -0.2) is 23.2 Å². The molecule has 2 aliphatic rings. The molecule has 0 saturated heterocycles. The van der Waals surface area contributed by atoms with Crippen LogP contribution in [0, 0.1) is 16.5 Å². The topological polar surface area (TPSA) is 38.1 Å². The number of hydrogen-bond acceptors (Lipinski definition) is 2. The molecular weight excluding hydrogens is 164 g/mol. The summed E-state index contributed by atoms with van der Waals surface area (Å²) in [5.41, 5.74) is -0.242. The maximum absolute atomic E-state index is 11.8. The fourth-order valence-corrected chi connectivity index (χ4v) is 2.76. The Morgan fingerprint density at radius 2 is 2.23 bits per heavy atom. The Bertz CT molecular complexity index is 260. The van der Waals surface area contributed by atoms with E-state index >= 15 is 0 Å². The van der Waals surface area contributed by atoms with Crippen molar-refractivity contribution < 1.29 is 4.74 Å². The molecule has 1 heterocycles. The zero-order valence-corrected chi connectivity index (χ0v) is 8.63. The van der Waals surface area contributed by atoms with Crippen LogP contribution < -0.4 is 5.32 Å². The van der Waals surface area contributed by atoms with Crippen molar-refractivity contribution in [2.45, 2.75) is 39.3 Å². The van der Waals surface area contributed by atoms with E-state index in [0.717, 1.165) is 24.1 Å². The van der Waals surface area contributed by atoms with Gasteiger partial charge in [-0.3, -0.25) is 0 Å². The molecule has 1 saturated carbocycles. The summed E-state index contributed by atoms with van der Waals surface area (Å²) in [4.78, 5) is 0. The van der Waals surface area contributed by atoms with Crippen molar-refractivity contribution in [3.05, 3.63) is 5.21 Å². The van der Waals surface area contributed by atoms with E-state index in [2.05, 4.69) is 26.1 Å². The zero-order chi connectivity index (χ0) is 9.69. The van der Waals surface area contributed by atoms with Gasteiger partial charge < -0.3 is 5.21 Å². The van der Waals surface area contributed by atoms with E-state index in [0.29, 0.717) is 5.92 Å². The summed E-state index contributed by atoms with van der Waals surface area (Å²) in [5.74, 6) is 0.614. The lowest BCUT2D eigenvalue weighted by Gasteiger charge is -2.37. The third kappa shape index (κ3) is 0.909. The first kappa shape index (κ1) is 9.00. The fourth-order valence-electron chi connectivity index (χ4n) is 2.76. The highest BCUT2D eigenvalue weighted by Crippen LogP contribution is 2.50. The van der Waals surface area contributed by atoms with Crippen molar-refractivity contribution in [1.82, 2.24) is 5.32 Å². The van der Waals surface area contributed by atoms with E-state index < -0.39 is 0 Å². The van der Waals surface area contributed by atoms with Crippen molar-refractivity contribution in [1.29, 1.82) is 0 Å². The summed E-state index contributed by atoms with van der Waals surface area (Å²) < 4.78 is 1.15. The molecule has 0 amide bonds. The minimum Gasteiger partial charge on any atom is -0.623 e. The minimum atomic E-state index is -0.313. The third-order valence-electron chi connectivity index (χ3n) is 4.26. The van der Waals surface area contributed by atoms with E-state index in [1.54, 1.807) is 6.21 Å². The van der Waals surface area contributed by atoms with Crippen molar-refractivity contribution >= 4 is 6.21 Å². The average Bonchev–Trinajstić information content (AvgIpc) is 2.52. The van der Waals surface area contributed by atoms with Gasteiger partial charge in [-0.15, -0.1) is 0 Å². The molecule has 2 unspecified atom stereocenters. The van der Waals surface area contributed by atoms with E-state index in [-0.39, 0.29) is 11.1 Å². The Hall–Kier alpha value is -0.570.